The minimum Gasteiger partial charge on any atom is -0.497 e. The Morgan fingerprint density at radius 1 is 1.07 bits per heavy atom. The minimum absolute atomic E-state index is 0.0830. The lowest BCUT2D eigenvalue weighted by Crippen LogP contribution is -2.29. The quantitative estimate of drug-likeness (QED) is 0.658. The molecule has 0 unspecified atom stereocenters. The number of anilines is 1. The van der Waals surface area contributed by atoms with E-state index in [-0.39, 0.29) is 12.5 Å². The molecule has 3 aromatic carbocycles. The van der Waals surface area contributed by atoms with Crippen molar-refractivity contribution in [1.29, 1.82) is 5.26 Å². The molecule has 1 amide bonds. The number of carbonyl (C=O) groups excluding carboxylic acids is 1. The fourth-order valence-electron chi connectivity index (χ4n) is 3.14. The summed E-state index contributed by atoms with van der Waals surface area (Å²) >= 11 is 0. The maximum Gasteiger partial charge on any atom is 0.238 e. The third-order valence-electron chi connectivity index (χ3n) is 4.53. The van der Waals surface area contributed by atoms with Gasteiger partial charge in [0.05, 0.1) is 25.3 Å². The van der Waals surface area contributed by atoms with Gasteiger partial charge in [0.15, 0.2) is 0 Å². The highest BCUT2D eigenvalue weighted by Crippen LogP contribution is 2.23. The Morgan fingerprint density at radius 2 is 1.83 bits per heavy atom. The van der Waals surface area contributed by atoms with E-state index in [4.69, 9.17) is 4.74 Å². The van der Waals surface area contributed by atoms with E-state index in [1.807, 2.05) is 78.7 Å². The molecule has 0 atom stereocenters. The number of nitrogens with zero attached hydrogens (tertiary/aromatic N) is 2. The molecule has 0 bridgehead atoms. The third-order valence-corrected chi connectivity index (χ3v) is 4.53. The van der Waals surface area contributed by atoms with Crippen LogP contribution in [0.5, 0.6) is 5.75 Å². The van der Waals surface area contributed by atoms with Crippen molar-refractivity contribution < 1.29 is 9.53 Å². The lowest BCUT2D eigenvalue weighted by molar-refractivity contribution is -0.117. The number of rotatable bonds is 7. The lowest BCUT2D eigenvalue weighted by atomic mass is 9.99. The topological polar surface area (TPSA) is 65.4 Å². The molecule has 0 saturated heterocycles. The molecule has 29 heavy (non-hydrogen) atoms. The standard InChI is InChI=1S/C24H23N3O2/c1-27(17-24(28)26-21-7-5-8-22(14-21)29-2)16-18-10-12-19(13-11-18)23-9-4-3-6-20(23)15-25/h3-14H,16-17H2,1-2H3,(H,26,28). The van der Waals surface area contributed by atoms with E-state index in [2.05, 4.69) is 11.4 Å². The first-order chi connectivity index (χ1) is 14.1. The average Bonchev–Trinajstić information content (AvgIpc) is 2.74. The molecule has 0 aromatic heterocycles. The molecule has 0 aliphatic carbocycles. The molecule has 0 saturated carbocycles. The molecule has 146 valence electrons. The molecule has 5 nitrogen and oxygen atoms in total. The van der Waals surface area contributed by atoms with Crippen LogP contribution in [-0.2, 0) is 11.3 Å². The van der Waals surface area contributed by atoms with E-state index in [9.17, 15) is 10.1 Å². The van der Waals surface area contributed by atoms with Gasteiger partial charge in [-0.2, -0.15) is 5.26 Å². The second kappa shape index (κ2) is 9.54. The van der Waals surface area contributed by atoms with Crippen LogP contribution in [0.4, 0.5) is 5.69 Å². The Morgan fingerprint density at radius 3 is 2.55 bits per heavy atom. The van der Waals surface area contributed by atoms with Crippen molar-refractivity contribution in [3.63, 3.8) is 0 Å². The van der Waals surface area contributed by atoms with Gasteiger partial charge < -0.3 is 10.1 Å². The first-order valence-electron chi connectivity index (χ1n) is 9.30. The van der Waals surface area contributed by atoms with Crippen LogP contribution in [0.15, 0.2) is 72.8 Å². The highest BCUT2D eigenvalue weighted by Gasteiger charge is 2.09. The van der Waals surface area contributed by atoms with E-state index in [0.717, 1.165) is 16.7 Å². The number of likely N-dealkylation sites (N-methyl/N-ethyl adjacent to an activating group) is 1. The third kappa shape index (κ3) is 5.44. The predicted octanol–water partition coefficient (Wildman–Crippen LogP) is 4.30. The molecule has 0 spiro atoms. The molecular weight excluding hydrogens is 362 g/mol. The molecule has 0 radical (unpaired) electrons. The maximum absolute atomic E-state index is 12.3. The van der Waals surface area contributed by atoms with E-state index in [1.165, 1.54) is 0 Å². The summed E-state index contributed by atoms with van der Waals surface area (Å²) < 4.78 is 5.17. The van der Waals surface area contributed by atoms with Crippen LogP contribution in [0.2, 0.25) is 0 Å². The summed E-state index contributed by atoms with van der Waals surface area (Å²) in [5.74, 6) is 0.620. The Bertz CT molecular complexity index is 1020. The molecule has 3 aromatic rings. The minimum atomic E-state index is -0.0830. The maximum atomic E-state index is 12.3. The van der Waals surface area contributed by atoms with Crippen molar-refractivity contribution in [1.82, 2.24) is 4.90 Å². The summed E-state index contributed by atoms with van der Waals surface area (Å²) in [6.45, 7) is 0.919. The molecular formula is C24H23N3O2. The van der Waals surface area contributed by atoms with Gasteiger partial charge in [0.1, 0.15) is 5.75 Å². The fourth-order valence-corrected chi connectivity index (χ4v) is 3.14. The number of amides is 1. The zero-order valence-electron chi connectivity index (χ0n) is 16.6. The molecule has 0 aliphatic rings. The normalized spacial score (nSPS) is 10.4. The van der Waals surface area contributed by atoms with Crippen LogP contribution in [-0.4, -0.2) is 31.5 Å². The highest BCUT2D eigenvalue weighted by molar-refractivity contribution is 5.92. The summed E-state index contributed by atoms with van der Waals surface area (Å²) in [7, 11) is 3.50. The predicted molar refractivity (Wildman–Crippen MR) is 115 cm³/mol. The van der Waals surface area contributed by atoms with Crippen molar-refractivity contribution in [2.75, 3.05) is 26.0 Å². The van der Waals surface area contributed by atoms with Crippen LogP contribution in [0, 0.1) is 11.3 Å². The molecule has 5 heteroatoms. The van der Waals surface area contributed by atoms with Gasteiger partial charge >= 0.3 is 0 Å². The van der Waals surface area contributed by atoms with Gasteiger partial charge in [0, 0.05) is 18.3 Å². The first-order valence-corrected chi connectivity index (χ1v) is 9.30. The average molecular weight is 385 g/mol. The van der Waals surface area contributed by atoms with E-state index in [1.54, 1.807) is 13.2 Å². The van der Waals surface area contributed by atoms with Crippen molar-refractivity contribution >= 4 is 11.6 Å². The second-order valence-electron chi connectivity index (χ2n) is 6.81. The Labute approximate surface area is 171 Å². The van der Waals surface area contributed by atoms with Crippen LogP contribution < -0.4 is 10.1 Å². The van der Waals surface area contributed by atoms with Gasteiger partial charge in [-0.25, -0.2) is 0 Å². The smallest absolute Gasteiger partial charge is 0.238 e. The summed E-state index contributed by atoms with van der Waals surface area (Å²) in [6, 6.07) is 25.2. The Balaban J connectivity index is 1.58. The van der Waals surface area contributed by atoms with Gasteiger partial charge in [-0.3, -0.25) is 9.69 Å². The number of methoxy groups -OCH3 is 1. The van der Waals surface area contributed by atoms with Crippen LogP contribution in [0.3, 0.4) is 0 Å². The summed E-state index contributed by atoms with van der Waals surface area (Å²) in [5.41, 5.74) is 4.40. The van der Waals surface area contributed by atoms with Gasteiger partial charge in [-0.15, -0.1) is 0 Å². The van der Waals surface area contributed by atoms with Gasteiger partial charge in [-0.1, -0.05) is 48.5 Å². The molecule has 0 aliphatic heterocycles. The van der Waals surface area contributed by atoms with E-state index >= 15 is 0 Å². The van der Waals surface area contributed by atoms with Gasteiger partial charge in [0.25, 0.3) is 0 Å². The molecule has 0 heterocycles. The SMILES string of the molecule is COc1cccc(NC(=O)CN(C)Cc2ccc(-c3ccccc3C#N)cc2)c1. The number of nitrogens with one attached hydrogen (secondary N) is 1. The monoisotopic (exact) mass is 385 g/mol. The van der Waals surface area contributed by atoms with Crippen LogP contribution >= 0.6 is 0 Å². The van der Waals surface area contributed by atoms with E-state index in [0.29, 0.717) is 23.5 Å². The molecule has 0 fully saturated rings. The summed E-state index contributed by atoms with van der Waals surface area (Å²) in [4.78, 5) is 14.3. The van der Waals surface area contributed by atoms with Crippen molar-refractivity contribution in [3.05, 3.63) is 83.9 Å². The zero-order valence-corrected chi connectivity index (χ0v) is 16.6. The van der Waals surface area contributed by atoms with Crippen LogP contribution in [0.25, 0.3) is 11.1 Å². The highest BCUT2D eigenvalue weighted by atomic mass is 16.5. The van der Waals surface area contributed by atoms with Crippen LogP contribution in [0.1, 0.15) is 11.1 Å². The largest absolute Gasteiger partial charge is 0.497 e. The second-order valence-corrected chi connectivity index (χ2v) is 6.81. The van der Waals surface area contributed by atoms with Crippen molar-refractivity contribution in [2.45, 2.75) is 6.54 Å². The van der Waals surface area contributed by atoms with Crippen molar-refractivity contribution in [2.24, 2.45) is 0 Å². The number of hydrogen-bond donors (Lipinski definition) is 1. The Hall–Kier alpha value is -3.62. The number of hydrogen-bond acceptors (Lipinski definition) is 4. The Kier molecular flexibility index (Phi) is 6.62. The first kappa shape index (κ1) is 20.1. The molecule has 1 N–H and O–H groups in total. The number of benzene rings is 3. The number of carbonyl (C=O) groups is 1. The van der Waals surface area contributed by atoms with Crippen molar-refractivity contribution in [3.8, 4) is 22.9 Å². The van der Waals surface area contributed by atoms with E-state index < -0.39 is 0 Å². The number of nitriles is 1. The fraction of sp³-hybridized carbons (Fsp3) is 0.167. The van der Waals surface area contributed by atoms with Gasteiger partial charge in [-0.05, 0) is 41.9 Å². The number of ether oxygens (including phenoxy) is 1. The van der Waals surface area contributed by atoms with Gasteiger partial charge in [0.2, 0.25) is 5.91 Å². The summed E-state index contributed by atoms with van der Waals surface area (Å²) in [6.07, 6.45) is 0. The molecule has 3 rings (SSSR count). The summed E-state index contributed by atoms with van der Waals surface area (Å²) in [5, 5.41) is 12.2. The lowest BCUT2D eigenvalue weighted by Gasteiger charge is -2.17. The zero-order chi connectivity index (χ0) is 20.6.